The lowest BCUT2D eigenvalue weighted by Crippen LogP contribution is -2.30. The summed E-state index contributed by atoms with van der Waals surface area (Å²) in [6, 6.07) is 17.2. The van der Waals surface area contributed by atoms with Crippen LogP contribution in [-0.2, 0) is 4.74 Å². The number of benzene rings is 2. The summed E-state index contributed by atoms with van der Waals surface area (Å²) < 4.78 is 5.30. The summed E-state index contributed by atoms with van der Waals surface area (Å²) in [6.07, 6.45) is 0. The highest BCUT2D eigenvalue weighted by atomic mass is 32.1. The van der Waals surface area contributed by atoms with E-state index in [1.165, 1.54) is 0 Å². The second kappa shape index (κ2) is 11.6. The van der Waals surface area contributed by atoms with E-state index in [-0.39, 0.29) is 24.0 Å². The zero-order valence-corrected chi connectivity index (χ0v) is 23.1. The summed E-state index contributed by atoms with van der Waals surface area (Å²) in [5.74, 6) is -1.14. The number of amides is 2. The van der Waals surface area contributed by atoms with Gasteiger partial charge in [-0.2, -0.15) is 0 Å². The third-order valence-corrected chi connectivity index (χ3v) is 7.70. The van der Waals surface area contributed by atoms with Gasteiger partial charge in [-0.15, -0.1) is 11.3 Å². The molecular weight excluding hydrogens is 498 g/mol. The van der Waals surface area contributed by atoms with Gasteiger partial charge in [0.25, 0.3) is 11.8 Å². The number of esters is 1. The number of anilines is 1. The normalized spacial score (nSPS) is 10.9. The predicted molar refractivity (Wildman–Crippen MR) is 152 cm³/mol. The van der Waals surface area contributed by atoms with Crippen LogP contribution in [0.25, 0.3) is 22.2 Å². The molecule has 0 saturated carbocycles. The number of rotatable bonds is 8. The molecular formula is C30H31N3O4S. The average molecular weight is 530 g/mol. The molecule has 0 bridgehead atoms. The molecule has 0 spiro atoms. The lowest BCUT2D eigenvalue weighted by molar-refractivity contribution is 0.0527. The number of fused-ring (bicyclic) bond motifs is 1. The first kappa shape index (κ1) is 27.0. The number of para-hydroxylation sites is 1. The first-order valence-electron chi connectivity index (χ1n) is 12.7. The molecule has 0 aliphatic rings. The monoisotopic (exact) mass is 529 g/mol. The molecule has 1 N–H and O–H groups in total. The topological polar surface area (TPSA) is 88.6 Å². The summed E-state index contributed by atoms with van der Waals surface area (Å²) >= 11 is 1.10. The maximum Gasteiger partial charge on any atom is 0.341 e. The Labute approximate surface area is 226 Å². The molecule has 4 rings (SSSR count). The smallest absolute Gasteiger partial charge is 0.341 e. The minimum Gasteiger partial charge on any atom is -0.462 e. The summed E-state index contributed by atoms with van der Waals surface area (Å²) in [7, 11) is 0. The zero-order chi connectivity index (χ0) is 27.4. The van der Waals surface area contributed by atoms with Crippen LogP contribution in [0.5, 0.6) is 0 Å². The van der Waals surface area contributed by atoms with Crippen LogP contribution in [-0.4, -0.2) is 47.4 Å². The molecule has 0 atom stereocenters. The van der Waals surface area contributed by atoms with Crippen LogP contribution in [0.3, 0.4) is 0 Å². The lowest BCUT2D eigenvalue weighted by atomic mass is 9.97. The summed E-state index contributed by atoms with van der Waals surface area (Å²) in [6.45, 7) is 10.4. The van der Waals surface area contributed by atoms with Crippen molar-refractivity contribution in [3.8, 4) is 11.3 Å². The van der Waals surface area contributed by atoms with Gasteiger partial charge in [-0.1, -0.05) is 48.5 Å². The number of nitrogens with one attached hydrogen (secondary N) is 1. The van der Waals surface area contributed by atoms with E-state index in [0.29, 0.717) is 50.7 Å². The van der Waals surface area contributed by atoms with Gasteiger partial charge in [0.2, 0.25) is 0 Å². The first-order valence-corrected chi connectivity index (χ1v) is 13.5. The van der Waals surface area contributed by atoms with E-state index in [9.17, 15) is 14.4 Å². The molecule has 38 heavy (non-hydrogen) atoms. The number of carbonyl (C=O) groups is 3. The van der Waals surface area contributed by atoms with Crippen molar-refractivity contribution < 1.29 is 19.1 Å². The third-order valence-electron chi connectivity index (χ3n) is 6.51. The zero-order valence-electron chi connectivity index (χ0n) is 22.3. The fraction of sp³-hybridized carbons (Fsp3) is 0.267. The Kier molecular flexibility index (Phi) is 8.22. The van der Waals surface area contributed by atoms with Crippen molar-refractivity contribution in [2.75, 3.05) is 25.0 Å². The third kappa shape index (κ3) is 5.04. The van der Waals surface area contributed by atoms with Gasteiger partial charge in [-0.25, -0.2) is 9.78 Å². The predicted octanol–water partition coefficient (Wildman–Crippen LogP) is 6.49. The largest absolute Gasteiger partial charge is 0.462 e. The minimum atomic E-state index is -0.573. The Morgan fingerprint density at radius 3 is 2.21 bits per heavy atom. The summed E-state index contributed by atoms with van der Waals surface area (Å²) in [5.41, 5.74) is 4.19. The van der Waals surface area contributed by atoms with Crippen LogP contribution in [0.1, 0.15) is 62.3 Å². The van der Waals surface area contributed by atoms with Crippen LogP contribution in [0.15, 0.2) is 54.6 Å². The number of thiophene rings is 1. The van der Waals surface area contributed by atoms with Crippen molar-refractivity contribution in [2.45, 2.75) is 34.6 Å². The highest BCUT2D eigenvalue weighted by molar-refractivity contribution is 7.18. The Bertz CT molecular complexity index is 1510. The fourth-order valence-corrected chi connectivity index (χ4v) is 5.71. The van der Waals surface area contributed by atoms with Gasteiger partial charge in [0.05, 0.1) is 33.8 Å². The van der Waals surface area contributed by atoms with E-state index in [4.69, 9.17) is 9.72 Å². The van der Waals surface area contributed by atoms with Crippen molar-refractivity contribution in [3.05, 3.63) is 81.7 Å². The molecule has 0 aliphatic carbocycles. The Morgan fingerprint density at radius 1 is 0.895 bits per heavy atom. The van der Waals surface area contributed by atoms with Crippen molar-refractivity contribution in [2.24, 2.45) is 0 Å². The van der Waals surface area contributed by atoms with Crippen LogP contribution in [0.2, 0.25) is 0 Å². The van der Waals surface area contributed by atoms with Crippen molar-refractivity contribution in [1.82, 2.24) is 9.88 Å². The molecule has 196 valence electrons. The second-order valence-corrected chi connectivity index (χ2v) is 9.78. The van der Waals surface area contributed by atoms with Crippen molar-refractivity contribution >= 4 is 45.0 Å². The van der Waals surface area contributed by atoms with Gasteiger partial charge < -0.3 is 15.0 Å². The highest BCUT2D eigenvalue weighted by Gasteiger charge is 2.29. The Morgan fingerprint density at radius 2 is 1.55 bits per heavy atom. The molecule has 4 aromatic rings. The van der Waals surface area contributed by atoms with Crippen LogP contribution < -0.4 is 5.32 Å². The molecule has 2 heterocycles. The van der Waals surface area contributed by atoms with Crippen LogP contribution in [0.4, 0.5) is 5.00 Å². The quantitative estimate of drug-likeness (QED) is 0.264. The van der Waals surface area contributed by atoms with E-state index in [1.54, 1.807) is 18.7 Å². The first-order chi connectivity index (χ1) is 18.3. The molecule has 2 amide bonds. The van der Waals surface area contributed by atoms with Gasteiger partial charge >= 0.3 is 5.97 Å². The standard InChI is InChI=1S/C30H31N3O4S/c1-6-33(7-2)29(35)26-19(5)24(30(36)37-8-3)28(38-26)32-27(34)23-18(4)25(20-14-10-9-11-15-20)31-22-17-13-12-16-21(22)23/h9-17H,6-8H2,1-5H3,(H,32,34). The van der Waals surface area contributed by atoms with Gasteiger partial charge in [-0.3, -0.25) is 9.59 Å². The SMILES string of the molecule is CCOC(=O)c1c(NC(=O)c2c(C)c(-c3ccccc3)nc3ccccc23)sc(C(=O)N(CC)CC)c1C. The molecule has 8 heteroatoms. The van der Waals surface area contributed by atoms with E-state index >= 15 is 0 Å². The number of carbonyl (C=O) groups excluding carboxylic acids is 3. The lowest BCUT2D eigenvalue weighted by Gasteiger charge is -2.18. The molecule has 2 aromatic heterocycles. The molecule has 0 saturated heterocycles. The van der Waals surface area contributed by atoms with E-state index < -0.39 is 5.97 Å². The van der Waals surface area contributed by atoms with Crippen LogP contribution >= 0.6 is 11.3 Å². The number of ether oxygens (including phenoxy) is 1. The number of aromatic nitrogens is 1. The van der Waals surface area contributed by atoms with E-state index in [2.05, 4.69) is 5.32 Å². The summed E-state index contributed by atoms with van der Waals surface area (Å²) in [5, 5.41) is 3.95. The second-order valence-electron chi connectivity index (χ2n) is 8.76. The average Bonchev–Trinajstić information content (AvgIpc) is 3.24. The van der Waals surface area contributed by atoms with Crippen molar-refractivity contribution in [1.29, 1.82) is 0 Å². The number of nitrogens with zero attached hydrogens (tertiary/aromatic N) is 2. The molecule has 0 fully saturated rings. The molecule has 2 aromatic carbocycles. The molecule has 0 aliphatic heterocycles. The highest BCUT2D eigenvalue weighted by Crippen LogP contribution is 2.36. The maximum absolute atomic E-state index is 13.9. The van der Waals surface area contributed by atoms with Gasteiger partial charge in [-0.05, 0) is 51.8 Å². The number of hydrogen-bond donors (Lipinski definition) is 1. The van der Waals surface area contributed by atoms with E-state index in [0.717, 1.165) is 22.5 Å². The van der Waals surface area contributed by atoms with Gasteiger partial charge in [0.1, 0.15) is 5.00 Å². The molecule has 0 radical (unpaired) electrons. The Balaban J connectivity index is 1.85. The molecule has 7 nitrogen and oxygen atoms in total. The fourth-order valence-electron chi connectivity index (χ4n) is 4.55. The summed E-state index contributed by atoms with van der Waals surface area (Å²) in [4.78, 5) is 47.1. The van der Waals surface area contributed by atoms with Crippen LogP contribution in [0, 0.1) is 13.8 Å². The molecule has 0 unspecified atom stereocenters. The van der Waals surface area contributed by atoms with Gasteiger partial charge in [0.15, 0.2) is 0 Å². The van der Waals surface area contributed by atoms with E-state index in [1.807, 2.05) is 75.4 Å². The Hall–Kier alpha value is -4.04. The minimum absolute atomic E-state index is 0.176. The maximum atomic E-state index is 13.9. The van der Waals surface area contributed by atoms with Gasteiger partial charge in [0, 0.05) is 24.0 Å². The number of hydrogen-bond acceptors (Lipinski definition) is 6. The number of pyridine rings is 1. The van der Waals surface area contributed by atoms with Crippen molar-refractivity contribution in [3.63, 3.8) is 0 Å².